The molecule has 2 rings (SSSR count). The Bertz CT molecular complexity index is 891. The van der Waals surface area contributed by atoms with Crippen LogP contribution in [0.25, 0.3) is 11.1 Å². The maximum Gasteiger partial charge on any atom is 0.333 e. The molecule has 0 aliphatic carbocycles. The van der Waals surface area contributed by atoms with Gasteiger partial charge < -0.3 is 10.0 Å². The van der Waals surface area contributed by atoms with Crippen LogP contribution in [0.1, 0.15) is 64.3 Å². The fourth-order valence-electron chi connectivity index (χ4n) is 3.56. The van der Waals surface area contributed by atoms with Gasteiger partial charge in [-0.1, -0.05) is 84.0 Å². The highest BCUT2D eigenvalue weighted by molar-refractivity contribution is 5.68. The van der Waals surface area contributed by atoms with Gasteiger partial charge in [0.25, 0.3) is 0 Å². The SMILES string of the molecule is CN(C)C(COOCC(=O)O)c1ccc(-c2cccc(C(C)(C)C)c2)cc1C(C)(C)C. The van der Waals surface area contributed by atoms with Gasteiger partial charge in [-0.25, -0.2) is 14.6 Å². The van der Waals surface area contributed by atoms with Gasteiger partial charge in [-0.2, -0.15) is 0 Å². The largest absolute Gasteiger partial charge is 0.479 e. The van der Waals surface area contributed by atoms with Crippen LogP contribution in [-0.2, 0) is 25.4 Å². The molecule has 31 heavy (non-hydrogen) atoms. The van der Waals surface area contributed by atoms with Gasteiger partial charge >= 0.3 is 5.97 Å². The maximum absolute atomic E-state index is 10.7. The number of likely N-dealkylation sites (N-methyl/N-ethyl adjacent to an activating group) is 1. The minimum absolute atomic E-state index is 0.0713. The van der Waals surface area contributed by atoms with E-state index in [9.17, 15) is 4.79 Å². The van der Waals surface area contributed by atoms with E-state index in [0.717, 1.165) is 5.56 Å². The third kappa shape index (κ3) is 6.89. The molecule has 0 aliphatic rings. The van der Waals surface area contributed by atoms with Gasteiger partial charge in [0.05, 0.1) is 6.04 Å². The highest BCUT2D eigenvalue weighted by Gasteiger charge is 2.26. The Kier molecular flexibility index (Phi) is 8.04. The van der Waals surface area contributed by atoms with E-state index in [1.165, 1.54) is 22.3 Å². The fourth-order valence-corrected chi connectivity index (χ4v) is 3.56. The lowest BCUT2D eigenvalue weighted by atomic mass is 9.79. The molecule has 170 valence electrons. The second-order valence-electron chi connectivity index (χ2n) is 10.3. The third-order valence-corrected chi connectivity index (χ3v) is 5.40. The van der Waals surface area contributed by atoms with Crippen LogP contribution in [0.4, 0.5) is 0 Å². The summed E-state index contributed by atoms with van der Waals surface area (Å²) in [5.41, 5.74) is 6.07. The lowest BCUT2D eigenvalue weighted by Crippen LogP contribution is -2.28. The zero-order valence-electron chi connectivity index (χ0n) is 20.2. The second kappa shape index (κ2) is 9.94. The molecule has 0 bridgehead atoms. The highest BCUT2D eigenvalue weighted by atomic mass is 17.2. The molecule has 0 amide bonds. The summed E-state index contributed by atoms with van der Waals surface area (Å²) in [6.45, 7) is 13.1. The molecule has 0 saturated heterocycles. The van der Waals surface area contributed by atoms with Crippen LogP contribution >= 0.6 is 0 Å². The van der Waals surface area contributed by atoms with E-state index < -0.39 is 12.6 Å². The standard InChI is InChI=1S/C26H37NO4/c1-25(2,3)20-11-9-10-18(14-20)19-12-13-21(22(15-19)26(4,5)6)23(27(7)8)16-30-31-17-24(28)29/h9-15,23H,16-17H2,1-8H3,(H,28,29). The molecule has 0 radical (unpaired) electrons. The number of hydrogen-bond donors (Lipinski definition) is 1. The zero-order valence-corrected chi connectivity index (χ0v) is 20.2. The van der Waals surface area contributed by atoms with Crippen molar-refractivity contribution in [2.45, 2.75) is 58.4 Å². The minimum atomic E-state index is -1.06. The normalized spacial score (nSPS) is 13.5. The first-order valence-corrected chi connectivity index (χ1v) is 10.7. The molecule has 0 spiro atoms. The van der Waals surface area contributed by atoms with Crippen LogP contribution in [0.2, 0.25) is 0 Å². The minimum Gasteiger partial charge on any atom is -0.479 e. The van der Waals surface area contributed by atoms with Crippen LogP contribution in [0, 0.1) is 0 Å². The predicted molar refractivity (Wildman–Crippen MR) is 125 cm³/mol. The molecule has 2 aromatic rings. The molecular formula is C26H37NO4. The Morgan fingerprint density at radius 1 is 0.935 bits per heavy atom. The summed E-state index contributed by atoms with van der Waals surface area (Å²) in [4.78, 5) is 22.8. The van der Waals surface area contributed by atoms with Crippen LogP contribution in [0.3, 0.4) is 0 Å². The molecule has 0 fully saturated rings. The number of carbonyl (C=O) groups is 1. The summed E-state index contributed by atoms with van der Waals surface area (Å²) in [5.74, 6) is -1.06. The molecule has 5 nitrogen and oxygen atoms in total. The summed E-state index contributed by atoms with van der Waals surface area (Å²) in [6.07, 6.45) is 0. The molecule has 0 saturated carbocycles. The number of nitrogens with zero attached hydrogens (tertiary/aromatic N) is 1. The number of benzene rings is 2. The summed E-state index contributed by atoms with van der Waals surface area (Å²) in [6, 6.07) is 15.2. The number of carboxylic acids is 1. The lowest BCUT2D eigenvalue weighted by molar-refractivity contribution is -0.298. The van der Waals surface area contributed by atoms with Gasteiger partial charge in [0, 0.05) is 0 Å². The summed E-state index contributed by atoms with van der Waals surface area (Å²) in [5, 5.41) is 8.75. The Balaban J connectivity index is 2.45. The molecule has 5 heteroatoms. The molecule has 1 N–H and O–H groups in total. The van der Waals surface area contributed by atoms with Crippen molar-refractivity contribution < 1.29 is 19.7 Å². The van der Waals surface area contributed by atoms with Crippen molar-refractivity contribution in [3.05, 3.63) is 59.2 Å². The monoisotopic (exact) mass is 427 g/mol. The first-order valence-electron chi connectivity index (χ1n) is 10.7. The van der Waals surface area contributed by atoms with Gasteiger partial charge in [0.1, 0.15) is 6.61 Å². The fraction of sp³-hybridized carbons (Fsp3) is 0.500. The van der Waals surface area contributed by atoms with E-state index in [0.29, 0.717) is 0 Å². The van der Waals surface area contributed by atoms with Crippen LogP contribution in [0.15, 0.2) is 42.5 Å². The smallest absolute Gasteiger partial charge is 0.333 e. The van der Waals surface area contributed by atoms with Crippen LogP contribution < -0.4 is 0 Å². The molecular weight excluding hydrogens is 390 g/mol. The van der Waals surface area contributed by atoms with Crippen LogP contribution in [-0.4, -0.2) is 43.3 Å². The van der Waals surface area contributed by atoms with E-state index in [1.54, 1.807) is 0 Å². The Morgan fingerprint density at radius 3 is 2.13 bits per heavy atom. The van der Waals surface area contributed by atoms with Gasteiger partial charge in [-0.05, 0) is 52.7 Å². The van der Waals surface area contributed by atoms with Crippen LogP contribution in [0.5, 0.6) is 0 Å². The van der Waals surface area contributed by atoms with E-state index in [4.69, 9.17) is 14.9 Å². The van der Waals surface area contributed by atoms with Crippen molar-refractivity contribution in [2.75, 3.05) is 27.3 Å². The van der Waals surface area contributed by atoms with Crippen molar-refractivity contribution in [1.29, 1.82) is 0 Å². The maximum atomic E-state index is 10.7. The average Bonchev–Trinajstić information content (AvgIpc) is 2.66. The third-order valence-electron chi connectivity index (χ3n) is 5.40. The van der Waals surface area contributed by atoms with E-state index in [-0.39, 0.29) is 23.5 Å². The quantitative estimate of drug-likeness (QED) is 0.338. The van der Waals surface area contributed by atoms with Gasteiger partial charge in [-0.15, -0.1) is 0 Å². The highest BCUT2D eigenvalue weighted by Crippen LogP contribution is 2.36. The zero-order chi connectivity index (χ0) is 23.4. The average molecular weight is 428 g/mol. The molecule has 1 unspecified atom stereocenters. The lowest BCUT2D eigenvalue weighted by Gasteiger charge is -2.31. The Labute approximate surface area is 186 Å². The van der Waals surface area contributed by atoms with Gasteiger partial charge in [-0.3, -0.25) is 0 Å². The van der Waals surface area contributed by atoms with E-state index in [1.807, 2.05) is 14.1 Å². The van der Waals surface area contributed by atoms with Crippen molar-refractivity contribution in [3.8, 4) is 11.1 Å². The number of aliphatic carboxylic acids is 1. The summed E-state index contributed by atoms with van der Waals surface area (Å²) < 4.78 is 0. The van der Waals surface area contributed by atoms with E-state index >= 15 is 0 Å². The first kappa shape index (κ1) is 25.1. The molecule has 2 aromatic carbocycles. The van der Waals surface area contributed by atoms with Crippen molar-refractivity contribution in [1.82, 2.24) is 4.90 Å². The van der Waals surface area contributed by atoms with Gasteiger partial charge in [0.2, 0.25) is 0 Å². The predicted octanol–water partition coefficient (Wildman–Crippen LogP) is 5.58. The van der Waals surface area contributed by atoms with E-state index in [2.05, 4.69) is 88.9 Å². The number of carboxylic acid groups (broad SMARTS) is 1. The molecule has 1 atom stereocenters. The number of hydrogen-bond acceptors (Lipinski definition) is 4. The van der Waals surface area contributed by atoms with Crippen molar-refractivity contribution >= 4 is 5.97 Å². The summed E-state index contributed by atoms with van der Waals surface area (Å²) in [7, 11) is 3.97. The molecule has 0 aliphatic heterocycles. The van der Waals surface area contributed by atoms with Crippen molar-refractivity contribution in [2.24, 2.45) is 0 Å². The van der Waals surface area contributed by atoms with Gasteiger partial charge in [0.15, 0.2) is 6.61 Å². The number of rotatable bonds is 8. The molecule has 0 aromatic heterocycles. The first-order chi connectivity index (χ1) is 14.3. The Morgan fingerprint density at radius 2 is 1.58 bits per heavy atom. The van der Waals surface area contributed by atoms with Crippen molar-refractivity contribution in [3.63, 3.8) is 0 Å². The summed E-state index contributed by atoms with van der Waals surface area (Å²) >= 11 is 0. The topological polar surface area (TPSA) is 59.0 Å². The second-order valence-corrected chi connectivity index (χ2v) is 10.3. The molecule has 0 heterocycles. The Hall–Kier alpha value is -2.21.